The molecule has 2 heterocycles. The van der Waals surface area contributed by atoms with Gasteiger partial charge in [0.1, 0.15) is 21.9 Å². The zero-order chi connectivity index (χ0) is 24.9. The molecule has 0 aliphatic rings. The Balaban J connectivity index is 1.55. The summed E-state index contributed by atoms with van der Waals surface area (Å²) >= 11 is 7.57. The molecule has 0 aliphatic heterocycles. The zero-order valence-corrected chi connectivity index (χ0v) is 20.6. The van der Waals surface area contributed by atoms with Crippen molar-refractivity contribution in [2.75, 3.05) is 18.5 Å². The van der Waals surface area contributed by atoms with Gasteiger partial charge in [-0.25, -0.2) is 9.59 Å². The molecule has 4 aromatic rings. The maximum absolute atomic E-state index is 12.7. The molecule has 2 aromatic carbocycles. The van der Waals surface area contributed by atoms with Crippen LogP contribution in [0.1, 0.15) is 29.8 Å². The van der Waals surface area contributed by atoms with Crippen molar-refractivity contribution in [2.45, 2.75) is 20.3 Å². The molecule has 180 valence electrons. The fourth-order valence-corrected chi connectivity index (χ4v) is 4.81. The van der Waals surface area contributed by atoms with Crippen LogP contribution in [0.3, 0.4) is 0 Å². The van der Waals surface area contributed by atoms with Crippen LogP contribution in [0.25, 0.3) is 22.1 Å². The van der Waals surface area contributed by atoms with Gasteiger partial charge in [-0.3, -0.25) is 4.79 Å². The van der Waals surface area contributed by atoms with Crippen LogP contribution in [0, 0.1) is 0 Å². The zero-order valence-electron chi connectivity index (χ0n) is 19.1. The highest BCUT2D eigenvalue weighted by Crippen LogP contribution is 2.36. The number of hydrogen-bond donors (Lipinski definition) is 1. The van der Waals surface area contributed by atoms with E-state index in [1.54, 1.807) is 18.4 Å². The molecule has 0 radical (unpaired) electrons. The van der Waals surface area contributed by atoms with Gasteiger partial charge in [0, 0.05) is 28.5 Å². The number of carbonyl (C=O) groups excluding carboxylic acids is 2. The Labute approximate surface area is 210 Å². The summed E-state index contributed by atoms with van der Waals surface area (Å²) in [5, 5.41) is 5.88. The minimum absolute atomic E-state index is 0.201. The molecular formula is C26H22ClNO6S. The quantitative estimate of drug-likeness (QED) is 0.233. The van der Waals surface area contributed by atoms with Crippen molar-refractivity contribution >= 4 is 50.8 Å². The molecule has 35 heavy (non-hydrogen) atoms. The van der Waals surface area contributed by atoms with E-state index in [2.05, 4.69) is 5.32 Å². The van der Waals surface area contributed by atoms with Crippen LogP contribution < -0.4 is 15.7 Å². The monoisotopic (exact) mass is 511 g/mol. The predicted octanol–water partition coefficient (Wildman–Crippen LogP) is 5.93. The molecule has 4 rings (SSSR count). The molecule has 0 spiro atoms. The normalized spacial score (nSPS) is 10.8. The van der Waals surface area contributed by atoms with Gasteiger partial charge in [0.05, 0.1) is 11.6 Å². The lowest BCUT2D eigenvalue weighted by atomic mass is 10.0. The van der Waals surface area contributed by atoms with Gasteiger partial charge in [-0.15, -0.1) is 11.3 Å². The third-order valence-electron chi connectivity index (χ3n) is 5.23. The number of hydrogen-bond acceptors (Lipinski definition) is 7. The van der Waals surface area contributed by atoms with Gasteiger partial charge in [-0.05, 0) is 30.5 Å². The number of esters is 1. The number of anilines is 1. The number of ether oxygens (including phenoxy) is 2. The lowest BCUT2D eigenvalue weighted by molar-refractivity contribution is -0.118. The van der Waals surface area contributed by atoms with Crippen molar-refractivity contribution in [1.82, 2.24) is 0 Å². The molecule has 9 heteroatoms. The van der Waals surface area contributed by atoms with Crippen LogP contribution in [0.15, 0.2) is 63.1 Å². The molecule has 0 bridgehead atoms. The first-order valence-electron chi connectivity index (χ1n) is 10.9. The summed E-state index contributed by atoms with van der Waals surface area (Å²) in [5.74, 6) is -0.812. The highest BCUT2D eigenvalue weighted by molar-refractivity contribution is 7.15. The summed E-state index contributed by atoms with van der Waals surface area (Å²) in [7, 11) is 0. The van der Waals surface area contributed by atoms with Crippen LogP contribution in [0.4, 0.5) is 5.00 Å². The summed E-state index contributed by atoms with van der Waals surface area (Å²) in [6, 6.07) is 13.9. The molecule has 0 atom stereocenters. The van der Waals surface area contributed by atoms with Gasteiger partial charge in [0.2, 0.25) is 0 Å². The van der Waals surface area contributed by atoms with E-state index in [0.717, 1.165) is 11.1 Å². The standard InChI is InChI=1S/C26H22ClNO6S/c1-3-15-10-23(30)34-20-12-21(19(27)11-17(15)20)33-13-22(29)28-25-24(26(31)32-4-2)18(14-35-25)16-8-6-5-7-9-16/h5-12,14H,3-4,13H2,1-2H3,(H,28,29). The number of thiophene rings is 1. The SMILES string of the molecule is CCOC(=O)c1c(-c2ccccc2)csc1NC(=O)COc1cc2oc(=O)cc(CC)c2cc1Cl. The van der Waals surface area contributed by atoms with Gasteiger partial charge in [0.15, 0.2) is 6.61 Å². The van der Waals surface area contributed by atoms with Crippen LogP contribution >= 0.6 is 22.9 Å². The fraction of sp³-hybridized carbons (Fsp3) is 0.192. The molecule has 7 nitrogen and oxygen atoms in total. The number of carbonyl (C=O) groups is 2. The van der Waals surface area contributed by atoms with Crippen molar-refractivity contribution < 1.29 is 23.5 Å². The van der Waals surface area contributed by atoms with Crippen LogP contribution in [0.2, 0.25) is 5.02 Å². The van der Waals surface area contributed by atoms with Crippen molar-refractivity contribution in [3.8, 4) is 16.9 Å². The van der Waals surface area contributed by atoms with Crippen molar-refractivity contribution in [1.29, 1.82) is 0 Å². The van der Waals surface area contributed by atoms with E-state index in [1.165, 1.54) is 23.5 Å². The number of nitrogens with one attached hydrogen (secondary N) is 1. The molecular weight excluding hydrogens is 490 g/mol. The first kappa shape index (κ1) is 24.5. The summed E-state index contributed by atoms with van der Waals surface area (Å²) in [6.07, 6.45) is 0.635. The molecule has 0 saturated carbocycles. The van der Waals surface area contributed by atoms with Crippen molar-refractivity contribution in [3.05, 3.63) is 80.5 Å². The summed E-state index contributed by atoms with van der Waals surface area (Å²) in [6.45, 7) is 3.48. The van der Waals surface area contributed by atoms with E-state index < -0.39 is 17.5 Å². The second kappa shape index (κ2) is 10.8. The molecule has 2 aromatic heterocycles. The first-order chi connectivity index (χ1) is 16.9. The number of fused-ring (bicyclic) bond motifs is 1. The van der Waals surface area contributed by atoms with Crippen molar-refractivity contribution in [3.63, 3.8) is 0 Å². The Morgan fingerprint density at radius 2 is 1.89 bits per heavy atom. The average molecular weight is 512 g/mol. The Bertz CT molecular complexity index is 1440. The topological polar surface area (TPSA) is 94.8 Å². The highest BCUT2D eigenvalue weighted by Gasteiger charge is 2.23. The lowest BCUT2D eigenvalue weighted by Crippen LogP contribution is -2.21. The van der Waals surface area contributed by atoms with E-state index in [0.29, 0.717) is 28.0 Å². The Hall–Kier alpha value is -3.62. The lowest BCUT2D eigenvalue weighted by Gasteiger charge is -2.11. The minimum atomic E-state index is -0.525. The minimum Gasteiger partial charge on any atom is -0.482 e. The van der Waals surface area contributed by atoms with E-state index in [-0.39, 0.29) is 29.5 Å². The summed E-state index contributed by atoms with van der Waals surface area (Å²) < 4.78 is 16.1. The smallest absolute Gasteiger partial charge is 0.341 e. The molecule has 0 fully saturated rings. The third-order valence-corrected chi connectivity index (χ3v) is 6.42. The number of aryl methyl sites for hydroxylation is 1. The van der Waals surface area contributed by atoms with Gasteiger partial charge in [-0.1, -0.05) is 48.9 Å². The average Bonchev–Trinajstić information content (AvgIpc) is 3.26. The first-order valence-corrected chi connectivity index (χ1v) is 12.2. The van der Waals surface area contributed by atoms with E-state index in [9.17, 15) is 14.4 Å². The fourth-order valence-electron chi connectivity index (χ4n) is 3.62. The Kier molecular flexibility index (Phi) is 7.53. The maximum Gasteiger partial charge on any atom is 0.341 e. The van der Waals surface area contributed by atoms with E-state index in [4.69, 9.17) is 25.5 Å². The second-order valence-electron chi connectivity index (χ2n) is 7.50. The largest absolute Gasteiger partial charge is 0.482 e. The van der Waals surface area contributed by atoms with E-state index in [1.807, 2.05) is 37.3 Å². The molecule has 0 aliphatic carbocycles. The molecule has 1 N–H and O–H groups in total. The molecule has 0 saturated heterocycles. The van der Waals surface area contributed by atoms with Crippen LogP contribution in [-0.2, 0) is 16.0 Å². The molecule has 0 unspecified atom stereocenters. The van der Waals surface area contributed by atoms with Crippen LogP contribution in [0.5, 0.6) is 5.75 Å². The Morgan fingerprint density at radius 1 is 1.11 bits per heavy atom. The van der Waals surface area contributed by atoms with Gasteiger partial charge >= 0.3 is 11.6 Å². The second-order valence-corrected chi connectivity index (χ2v) is 8.79. The number of benzene rings is 2. The van der Waals surface area contributed by atoms with E-state index >= 15 is 0 Å². The van der Waals surface area contributed by atoms with Crippen molar-refractivity contribution in [2.24, 2.45) is 0 Å². The predicted molar refractivity (Wildman–Crippen MR) is 137 cm³/mol. The van der Waals surface area contributed by atoms with Gasteiger partial charge < -0.3 is 19.2 Å². The third kappa shape index (κ3) is 5.39. The number of halogens is 1. The summed E-state index contributed by atoms with van der Waals surface area (Å²) in [4.78, 5) is 37.2. The maximum atomic E-state index is 12.7. The van der Waals surface area contributed by atoms with Gasteiger partial charge in [-0.2, -0.15) is 0 Å². The summed E-state index contributed by atoms with van der Waals surface area (Å²) in [5.41, 5.74) is 2.45. The van der Waals surface area contributed by atoms with Gasteiger partial charge in [0.25, 0.3) is 5.91 Å². The Morgan fingerprint density at radius 3 is 2.60 bits per heavy atom. The highest BCUT2D eigenvalue weighted by atomic mass is 35.5. The number of amides is 1. The number of rotatable bonds is 8. The molecule has 1 amide bonds. The van der Waals surface area contributed by atoms with Crippen LogP contribution in [-0.4, -0.2) is 25.1 Å².